The maximum atomic E-state index is 12.0. The third-order valence-electron chi connectivity index (χ3n) is 4.49. The Bertz CT molecular complexity index is 1220. The normalized spacial score (nSPS) is 12.8. The van der Waals surface area contributed by atoms with Crippen LogP contribution in [0, 0.1) is 0 Å². The topological polar surface area (TPSA) is 116 Å². The minimum atomic E-state index is -2.37. The first-order valence-electron chi connectivity index (χ1n) is 9.85. The van der Waals surface area contributed by atoms with Crippen molar-refractivity contribution in [1.82, 2.24) is 9.97 Å². The fourth-order valence-corrected chi connectivity index (χ4v) is 5.77. The Morgan fingerprint density at radius 2 is 1.97 bits per heavy atom. The second kappa shape index (κ2) is 11.0. The Labute approximate surface area is 205 Å². The summed E-state index contributed by atoms with van der Waals surface area (Å²) < 4.78 is 29.1. The first-order valence-corrected chi connectivity index (χ1v) is 13.6. The summed E-state index contributed by atoms with van der Waals surface area (Å²) in [5, 5.41) is 10.6. The third kappa shape index (κ3) is 6.24. The molecule has 0 bridgehead atoms. The molecule has 4 rings (SSSR count). The van der Waals surface area contributed by atoms with Gasteiger partial charge in [-0.05, 0) is 42.5 Å². The summed E-state index contributed by atoms with van der Waals surface area (Å²) in [5.41, 5.74) is 2.60. The highest BCUT2D eigenvalue weighted by Crippen LogP contribution is 2.32. The number of anilines is 2. The molecule has 4 aromatic rings. The third-order valence-corrected chi connectivity index (χ3v) is 7.57. The molecule has 0 saturated heterocycles. The first kappa shape index (κ1) is 23.5. The average molecular weight is 520 g/mol. The second-order valence-electron chi connectivity index (χ2n) is 6.75. The zero-order valence-electron chi connectivity index (χ0n) is 17.3. The predicted molar refractivity (Wildman–Crippen MR) is 133 cm³/mol. The van der Waals surface area contributed by atoms with Gasteiger partial charge in [-0.2, -0.15) is 0 Å². The summed E-state index contributed by atoms with van der Waals surface area (Å²) in [6.45, 7) is 2.04. The zero-order valence-corrected chi connectivity index (χ0v) is 20.6. The smallest absolute Gasteiger partial charge is 0.357 e. The lowest BCUT2D eigenvalue weighted by Crippen LogP contribution is -2.14. The van der Waals surface area contributed by atoms with E-state index in [1.807, 2.05) is 35.0 Å². The summed E-state index contributed by atoms with van der Waals surface area (Å²) in [5.74, 6) is -0.453. The van der Waals surface area contributed by atoms with Crippen molar-refractivity contribution >= 4 is 62.1 Å². The highest BCUT2D eigenvalue weighted by Gasteiger charge is 2.20. The average Bonchev–Trinajstić information content (AvgIpc) is 3.55. The van der Waals surface area contributed by atoms with Crippen molar-refractivity contribution in [3.8, 4) is 9.88 Å². The van der Waals surface area contributed by atoms with E-state index >= 15 is 0 Å². The van der Waals surface area contributed by atoms with E-state index in [1.54, 1.807) is 47.1 Å². The number of rotatable bonds is 10. The molecule has 172 valence electrons. The Kier molecular flexibility index (Phi) is 7.83. The van der Waals surface area contributed by atoms with Gasteiger partial charge < -0.3 is 19.3 Å². The molecule has 2 N–H and O–H groups in total. The predicted octanol–water partition coefficient (Wildman–Crippen LogP) is 5.11. The van der Waals surface area contributed by atoms with Crippen molar-refractivity contribution in [3.63, 3.8) is 0 Å². The number of ether oxygens (including phenoxy) is 1. The van der Waals surface area contributed by atoms with Crippen molar-refractivity contribution in [2.45, 2.75) is 19.4 Å². The van der Waals surface area contributed by atoms with E-state index in [0.29, 0.717) is 17.2 Å². The number of carbonyl (C=O) groups is 1. The molecule has 33 heavy (non-hydrogen) atoms. The molecule has 0 aliphatic heterocycles. The lowest BCUT2D eigenvalue weighted by molar-refractivity contribution is 0.0520. The lowest BCUT2D eigenvalue weighted by Gasteiger charge is -2.17. The van der Waals surface area contributed by atoms with Gasteiger partial charge in [-0.1, -0.05) is 18.2 Å². The number of benzene rings is 1. The molecule has 0 radical (unpaired) electrons. The van der Waals surface area contributed by atoms with Crippen LogP contribution in [-0.2, 0) is 22.4 Å². The van der Waals surface area contributed by atoms with Gasteiger partial charge in [-0.3, -0.25) is 4.21 Å². The Morgan fingerprint density at radius 3 is 2.67 bits per heavy atom. The summed E-state index contributed by atoms with van der Waals surface area (Å²) in [7, 11) is 0. The van der Waals surface area contributed by atoms with Crippen LogP contribution in [0.3, 0.4) is 0 Å². The van der Waals surface area contributed by atoms with Crippen molar-refractivity contribution in [2.75, 3.05) is 16.6 Å². The van der Waals surface area contributed by atoms with Gasteiger partial charge in [0, 0.05) is 27.7 Å². The van der Waals surface area contributed by atoms with Crippen LogP contribution in [0.2, 0.25) is 0 Å². The van der Waals surface area contributed by atoms with Gasteiger partial charge in [0.1, 0.15) is 5.01 Å². The van der Waals surface area contributed by atoms with E-state index in [0.717, 1.165) is 21.1 Å². The molecule has 0 fully saturated rings. The summed E-state index contributed by atoms with van der Waals surface area (Å²) >= 11 is 2.16. The quantitative estimate of drug-likeness (QED) is 0.221. The highest BCUT2D eigenvalue weighted by atomic mass is 32.2. The first-order chi connectivity index (χ1) is 16.0. The Morgan fingerprint density at radius 1 is 1.15 bits per heavy atom. The molecule has 0 saturated carbocycles. The molecule has 0 aliphatic carbocycles. The van der Waals surface area contributed by atoms with Gasteiger partial charge in [0.25, 0.3) is 0 Å². The molecule has 2 atom stereocenters. The largest absolute Gasteiger partial charge is 0.755 e. The Balaban J connectivity index is 1.57. The van der Waals surface area contributed by atoms with Crippen LogP contribution in [0.1, 0.15) is 34.7 Å². The Hall–Kier alpha value is -2.64. The summed E-state index contributed by atoms with van der Waals surface area (Å²) in [6, 6.07) is 11.0. The standard InChI is InChI=1S/C21H20N4O4S4/c1-2-29-20(26)17-12-32-21(24-17)23-15(10-13-5-7-14(8-6-13)25-33(27)28)16-11-31-19(22-16)18-4-3-9-30-18/h3-9,11-12,15,25H,2,10H2,1H3,(H,23,24)(H,27,28)/p-1/t15-/m0/s1. The minimum absolute atomic E-state index is 0.205. The van der Waals surface area contributed by atoms with E-state index < -0.39 is 17.2 Å². The van der Waals surface area contributed by atoms with Crippen molar-refractivity contribution < 1.29 is 18.3 Å². The number of hydrogen-bond donors (Lipinski definition) is 2. The maximum Gasteiger partial charge on any atom is 0.357 e. The molecule has 1 aromatic carbocycles. The molecule has 1 unspecified atom stereocenters. The monoisotopic (exact) mass is 519 g/mol. The summed E-state index contributed by atoms with van der Waals surface area (Å²) in [4.78, 5) is 22.3. The maximum absolute atomic E-state index is 12.0. The number of hydrogen-bond acceptors (Lipinski definition) is 10. The van der Waals surface area contributed by atoms with Crippen LogP contribution in [-0.4, -0.2) is 31.3 Å². The fraction of sp³-hybridized carbons (Fsp3) is 0.190. The molecule has 3 heterocycles. The number of nitrogens with one attached hydrogen (secondary N) is 2. The van der Waals surface area contributed by atoms with Gasteiger partial charge in [-0.25, -0.2) is 14.8 Å². The number of aromatic nitrogens is 2. The summed E-state index contributed by atoms with van der Waals surface area (Å²) in [6.07, 6.45) is 0.586. The van der Waals surface area contributed by atoms with Crippen molar-refractivity contribution in [3.05, 3.63) is 69.5 Å². The van der Waals surface area contributed by atoms with E-state index in [2.05, 4.69) is 15.0 Å². The van der Waals surface area contributed by atoms with Crippen molar-refractivity contribution in [2.24, 2.45) is 0 Å². The zero-order chi connectivity index (χ0) is 23.2. The number of nitrogens with zero attached hydrogens (tertiary/aromatic N) is 2. The minimum Gasteiger partial charge on any atom is -0.755 e. The molecule has 3 aromatic heterocycles. The molecule has 0 amide bonds. The van der Waals surface area contributed by atoms with E-state index in [4.69, 9.17) is 9.72 Å². The van der Waals surface area contributed by atoms with Gasteiger partial charge >= 0.3 is 5.97 Å². The van der Waals surface area contributed by atoms with Crippen LogP contribution < -0.4 is 10.0 Å². The number of esters is 1. The van der Waals surface area contributed by atoms with Crippen LogP contribution in [0.25, 0.3) is 9.88 Å². The van der Waals surface area contributed by atoms with Gasteiger partial charge in [0.2, 0.25) is 0 Å². The van der Waals surface area contributed by atoms with Gasteiger partial charge in [0.05, 0.1) is 23.2 Å². The number of thiophene rings is 1. The molecule has 12 heteroatoms. The van der Waals surface area contributed by atoms with Gasteiger partial charge in [-0.15, -0.1) is 34.0 Å². The molecule has 8 nitrogen and oxygen atoms in total. The van der Waals surface area contributed by atoms with E-state index in [1.165, 1.54) is 11.3 Å². The van der Waals surface area contributed by atoms with Gasteiger partial charge in [0.15, 0.2) is 10.8 Å². The van der Waals surface area contributed by atoms with Crippen LogP contribution in [0.15, 0.2) is 52.5 Å². The van der Waals surface area contributed by atoms with Crippen LogP contribution in [0.5, 0.6) is 0 Å². The molecule has 0 aliphatic rings. The second-order valence-corrected chi connectivity index (χ2v) is 10.1. The van der Waals surface area contributed by atoms with Crippen molar-refractivity contribution in [1.29, 1.82) is 0 Å². The lowest BCUT2D eigenvalue weighted by atomic mass is 10.0. The van der Waals surface area contributed by atoms with E-state index in [9.17, 15) is 13.6 Å². The number of carbonyl (C=O) groups excluding carboxylic acids is 1. The fourth-order valence-electron chi connectivity index (χ4n) is 3.02. The highest BCUT2D eigenvalue weighted by molar-refractivity contribution is 7.80. The van der Waals surface area contributed by atoms with Crippen LogP contribution >= 0.6 is 34.0 Å². The molecule has 0 spiro atoms. The van der Waals surface area contributed by atoms with Crippen LogP contribution in [0.4, 0.5) is 10.8 Å². The molecular weight excluding hydrogens is 501 g/mol. The molecular formula is C21H19N4O4S4-. The van der Waals surface area contributed by atoms with E-state index in [-0.39, 0.29) is 18.3 Å². The number of thiazole rings is 2. The SMILES string of the molecule is CCOC(=O)c1csc(N[C@@H](Cc2ccc(NS(=O)[O-])cc2)c2csc(-c3cccs3)n2)n1.